The summed E-state index contributed by atoms with van der Waals surface area (Å²) in [5, 5.41) is 9.08. The van der Waals surface area contributed by atoms with Gasteiger partial charge in [-0.15, -0.1) is 0 Å². The average molecular weight is 230 g/mol. The van der Waals surface area contributed by atoms with Gasteiger partial charge >= 0.3 is 5.97 Å². The molecule has 0 aromatic heterocycles. The van der Waals surface area contributed by atoms with Gasteiger partial charge in [0, 0.05) is 7.11 Å². The maximum absolute atomic E-state index is 11.2. The lowest BCUT2D eigenvalue weighted by Crippen LogP contribution is -2.56. The Morgan fingerprint density at radius 1 is 1.56 bits per heavy atom. The predicted molar refractivity (Wildman–Crippen MR) is 56.8 cm³/mol. The molecule has 1 aliphatic rings. The van der Waals surface area contributed by atoms with E-state index in [1.54, 1.807) is 4.90 Å². The van der Waals surface area contributed by atoms with Crippen LogP contribution in [0.15, 0.2) is 0 Å². The zero-order chi connectivity index (χ0) is 12.1. The topological polar surface area (TPSA) is 92.9 Å². The van der Waals surface area contributed by atoms with Crippen LogP contribution in [0.1, 0.15) is 19.3 Å². The van der Waals surface area contributed by atoms with Gasteiger partial charge in [0.05, 0.1) is 12.6 Å². The molecule has 0 spiro atoms. The Kier molecular flexibility index (Phi) is 4.70. The number of carboxylic acid groups (broad SMARTS) is 1. The molecule has 0 saturated carbocycles. The third kappa shape index (κ3) is 2.93. The largest absolute Gasteiger partial charge is 0.480 e. The smallest absolute Gasteiger partial charge is 0.323 e. The van der Waals surface area contributed by atoms with Gasteiger partial charge in [-0.1, -0.05) is 6.42 Å². The predicted octanol–water partition coefficient (Wildman–Crippen LogP) is -0.574. The first-order valence-electron chi connectivity index (χ1n) is 5.34. The van der Waals surface area contributed by atoms with Crippen LogP contribution in [0.4, 0.5) is 0 Å². The van der Waals surface area contributed by atoms with Crippen LogP contribution in [0, 0.1) is 0 Å². The van der Waals surface area contributed by atoms with E-state index in [1.807, 2.05) is 0 Å². The van der Waals surface area contributed by atoms with Crippen molar-refractivity contribution in [3.8, 4) is 0 Å². The summed E-state index contributed by atoms with van der Waals surface area (Å²) in [6, 6.07) is -1.27. The van der Waals surface area contributed by atoms with E-state index in [4.69, 9.17) is 15.6 Å². The number of hydrogen-bond donors (Lipinski definition) is 2. The van der Waals surface area contributed by atoms with Gasteiger partial charge in [-0.2, -0.15) is 0 Å². The van der Waals surface area contributed by atoms with Gasteiger partial charge in [0.2, 0.25) is 5.91 Å². The number of primary amides is 1. The molecule has 16 heavy (non-hydrogen) atoms. The zero-order valence-corrected chi connectivity index (χ0v) is 9.39. The van der Waals surface area contributed by atoms with E-state index < -0.39 is 24.0 Å². The molecule has 1 fully saturated rings. The fourth-order valence-corrected chi connectivity index (χ4v) is 2.10. The van der Waals surface area contributed by atoms with E-state index in [1.165, 1.54) is 7.11 Å². The maximum atomic E-state index is 11.2. The van der Waals surface area contributed by atoms with Crippen LogP contribution in [-0.2, 0) is 14.3 Å². The fourth-order valence-electron chi connectivity index (χ4n) is 2.10. The third-order valence-electron chi connectivity index (χ3n) is 2.88. The Labute approximate surface area is 94.3 Å². The summed E-state index contributed by atoms with van der Waals surface area (Å²) in [6.07, 6.45) is 2.42. The summed E-state index contributed by atoms with van der Waals surface area (Å²) in [5.74, 6) is -1.43. The fraction of sp³-hybridized carbons (Fsp3) is 0.800. The Hall–Kier alpha value is -1.14. The Morgan fingerprint density at radius 2 is 2.25 bits per heavy atom. The normalized spacial score (nSPS) is 23.9. The molecule has 0 aromatic carbocycles. The molecule has 0 radical (unpaired) electrons. The quantitative estimate of drug-likeness (QED) is 0.659. The van der Waals surface area contributed by atoms with Crippen LogP contribution >= 0.6 is 0 Å². The van der Waals surface area contributed by atoms with Gasteiger partial charge < -0.3 is 15.6 Å². The highest BCUT2D eigenvalue weighted by atomic mass is 16.5. The monoisotopic (exact) mass is 230 g/mol. The number of likely N-dealkylation sites (tertiary alicyclic amines) is 1. The second-order valence-corrected chi connectivity index (χ2v) is 3.96. The molecule has 3 N–H and O–H groups in total. The molecule has 1 heterocycles. The van der Waals surface area contributed by atoms with Crippen molar-refractivity contribution in [3.63, 3.8) is 0 Å². The van der Waals surface area contributed by atoms with Crippen LogP contribution in [0.5, 0.6) is 0 Å². The number of carbonyl (C=O) groups is 2. The van der Waals surface area contributed by atoms with Crippen molar-refractivity contribution in [2.75, 3.05) is 20.3 Å². The van der Waals surface area contributed by atoms with Crippen LogP contribution in [0.25, 0.3) is 0 Å². The van der Waals surface area contributed by atoms with Gasteiger partial charge in [-0.05, 0) is 19.4 Å². The molecule has 1 amide bonds. The zero-order valence-electron chi connectivity index (χ0n) is 9.39. The molecule has 0 aliphatic carbocycles. The van der Waals surface area contributed by atoms with E-state index >= 15 is 0 Å². The number of hydrogen-bond acceptors (Lipinski definition) is 4. The van der Waals surface area contributed by atoms with Gasteiger partial charge in [0.25, 0.3) is 0 Å². The summed E-state index contributed by atoms with van der Waals surface area (Å²) in [6.45, 7) is 0.646. The summed E-state index contributed by atoms with van der Waals surface area (Å²) < 4.78 is 4.87. The second kappa shape index (κ2) is 5.81. The van der Waals surface area contributed by atoms with E-state index in [9.17, 15) is 9.59 Å². The number of carboxylic acids is 1. The molecule has 2 unspecified atom stereocenters. The van der Waals surface area contributed by atoms with Crippen molar-refractivity contribution in [1.82, 2.24) is 4.90 Å². The summed E-state index contributed by atoms with van der Waals surface area (Å²) in [4.78, 5) is 24.0. The molecule has 1 saturated heterocycles. The maximum Gasteiger partial charge on any atom is 0.323 e. The van der Waals surface area contributed by atoms with Crippen molar-refractivity contribution < 1.29 is 19.4 Å². The lowest BCUT2D eigenvalue weighted by Gasteiger charge is -2.37. The van der Waals surface area contributed by atoms with Crippen molar-refractivity contribution in [3.05, 3.63) is 0 Å². The van der Waals surface area contributed by atoms with Crippen molar-refractivity contribution >= 4 is 11.9 Å². The highest BCUT2D eigenvalue weighted by Gasteiger charge is 2.35. The Morgan fingerprint density at radius 3 is 2.75 bits per heavy atom. The number of amides is 1. The summed E-state index contributed by atoms with van der Waals surface area (Å²) in [5.41, 5.74) is 5.28. The van der Waals surface area contributed by atoms with Gasteiger partial charge in [0.15, 0.2) is 0 Å². The van der Waals surface area contributed by atoms with E-state index in [-0.39, 0.29) is 6.61 Å². The minimum atomic E-state index is -0.977. The van der Waals surface area contributed by atoms with Crippen molar-refractivity contribution in [2.24, 2.45) is 5.73 Å². The molecule has 6 heteroatoms. The molecule has 0 bridgehead atoms. The number of nitrogens with zero attached hydrogens (tertiary/aromatic N) is 1. The number of nitrogens with two attached hydrogens (primary N) is 1. The molecular weight excluding hydrogens is 212 g/mol. The van der Waals surface area contributed by atoms with Gasteiger partial charge in [-0.25, -0.2) is 0 Å². The molecule has 1 aliphatic heterocycles. The first-order chi connectivity index (χ1) is 7.57. The van der Waals surface area contributed by atoms with E-state index in [0.29, 0.717) is 13.0 Å². The first kappa shape index (κ1) is 12.9. The average Bonchev–Trinajstić information content (AvgIpc) is 2.25. The lowest BCUT2D eigenvalue weighted by atomic mass is 9.99. The SMILES string of the molecule is COCC(C(=O)O)N1CCCCC1C(N)=O. The van der Waals surface area contributed by atoms with E-state index in [0.717, 1.165) is 12.8 Å². The highest BCUT2D eigenvalue weighted by Crippen LogP contribution is 2.19. The standard InChI is InChI=1S/C10H18N2O4/c1-16-6-8(10(14)15)12-5-3-2-4-7(12)9(11)13/h7-8H,2-6H2,1H3,(H2,11,13)(H,14,15). The Bertz CT molecular complexity index is 270. The Balaban J connectivity index is 2.78. The second-order valence-electron chi connectivity index (χ2n) is 3.96. The van der Waals surface area contributed by atoms with Crippen LogP contribution in [0.3, 0.4) is 0 Å². The van der Waals surface area contributed by atoms with E-state index in [2.05, 4.69) is 0 Å². The number of methoxy groups -OCH3 is 1. The van der Waals surface area contributed by atoms with Gasteiger partial charge in [-0.3, -0.25) is 14.5 Å². The van der Waals surface area contributed by atoms with Crippen LogP contribution < -0.4 is 5.73 Å². The molecule has 92 valence electrons. The summed E-state index contributed by atoms with van der Waals surface area (Å²) >= 11 is 0. The third-order valence-corrected chi connectivity index (χ3v) is 2.88. The first-order valence-corrected chi connectivity index (χ1v) is 5.34. The van der Waals surface area contributed by atoms with Gasteiger partial charge in [0.1, 0.15) is 6.04 Å². The molecule has 1 rings (SSSR count). The molecular formula is C10H18N2O4. The number of ether oxygens (including phenoxy) is 1. The van der Waals surface area contributed by atoms with Crippen molar-refractivity contribution in [1.29, 1.82) is 0 Å². The van der Waals surface area contributed by atoms with Crippen LogP contribution in [0.2, 0.25) is 0 Å². The number of aliphatic carboxylic acids is 1. The van der Waals surface area contributed by atoms with Crippen LogP contribution in [-0.4, -0.2) is 54.2 Å². The summed E-state index contributed by atoms with van der Waals surface area (Å²) in [7, 11) is 1.44. The minimum Gasteiger partial charge on any atom is -0.480 e. The van der Waals surface area contributed by atoms with Crippen molar-refractivity contribution in [2.45, 2.75) is 31.3 Å². The molecule has 0 aromatic rings. The number of piperidine rings is 1. The highest BCUT2D eigenvalue weighted by molar-refractivity contribution is 5.81. The minimum absolute atomic E-state index is 0.0686. The molecule has 6 nitrogen and oxygen atoms in total. The lowest BCUT2D eigenvalue weighted by molar-refractivity contribution is -0.148. The number of carbonyl (C=O) groups excluding carboxylic acids is 1. The number of rotatable bonds is 5. The molecule has 2 atom stereocenters.